The molecule has 0 aliphatic heterocycles. The summed E-state index contributed by atoms with van der Waals surface area (Å²) < 4.78 is 41.6. The summed E-state index contributed by atoms with van der Waals surface area (Å²) in [5.41, 5.74) is 0.984. The van der Waals surface area contributed by atoms with Crippen molar-refractivity contribution in [2.24, 2.45) is 0 Å². The van der Waals surface area contributed by atoms with Crippen molar-refractivity contribution in [1.29, 1.82) is 0 Å². The second-order valence-corrected chi connectivity index (χ2v) is 10.3. The molecule has 0 unspecified atom stereocenters. The van der Waals surface area contributed by atoms with Gasteiger partial charge < -0.3 is 10.2 Å². The number of amides is 2. The summed E-state index contributed by atoms with van der Waals surface area (Å²) in [5.74, 6) is -1.52. The van der Waals surface area contributed by atoms with Gasteiger partial charge in [0, 0.05) is 18.6 Å². The predicted molar refractivity (Wildman–Crippen MR) is 138 cm³/mol. The molecule has 1 atom stereocenters. The smallest absolute Gasteiger partial charge is 0.264 e. The van der Waals surface area contributed by atoms with Crippen LogP contribution in [-0.4, -0.2) is 44.8 Å². The average Bonchev–Trinajstić information content (AvgIpc) is 2.88. The topological polar surface area (TPSA) is 86.8 Å². The Morgan fingerprint density at radius 1 is 0.972 bits per heavy atom. The summed E-state index contributed by atoms with van der Waals surface area (Å²) in [5, 5.41) is 3.10. The number of carbonyl (C=O) groups excluding carboxylic acids is 2. The van der Waals surface area contributed by atoms with E-state index in [0.717, 1.165) is 34.1 Å². The normalized spacial score (nSPS) is 12.0. The molecule has 0 saturated carbocycles. The van der Waals surface area contributed by atoms with Crippen molar-refractivity contribution in [2.75, 3.05) is 17.9 Å². The minimum absolute atomic E-state index is 0.0706. The van der Waals surface area contributed by atoms with Crippen LogP contribution in [0, 0.1) is 5.82 Å². The summed E-state index contributed by atoms with van der Waals surface area (Å²) in [6, 6.07) is 18.5. The lowest BCUT2D eigenvalue weighted by Gasteiger charge is -2.33. The second kappa shape index (κ2) is 12.0. The van der Waals surface area contributed by atoms with Crippen molar-refractivity contribution in [3.8, 4) is 0 Å². The number of likely N-dealkylation sites (N-methyl/N-ethyl adjacent to an activating group) is 1. The van der Waals surface area contributed by atoms with E-state index >= 15 is 0 Å². The Kier molecular flexibility index (Phi) is 9.06. The number of benzene rings is 3. The molecule has 3 aromatic carbocycles. The molecule has 0 heterocycles. The average molecular weight is 532 g/mol. The molecule has 0 fully saturated rings. The summed E-state index contributed by atoms with van der Waals surface area (Å²) in [6.07, 6.45) is 0.315. The van der Waals surface area contributed by atoms with Gasteiger partial charge in [0.15, 0.2) is 0 Å². The van der Waals surface area contributed by atoms with Crippen LogP contribution in [0.15, 0.2) is 83.8 Å². The Labute approximate surface area is 215 Å². The molecule has 3 rings (SSSR count). The molecular weight excluding hydrogens is 505 g/mol. The zero-order valence-electron chi connectivity index (χ0n) is 19.9. The molecule has 36 heavy (non-hydrogen) atoms. The number of nitrogens with zero attached hydrogens (tertiary/aromatic N) is 2. The molecule has 3 aromatic rings. The molecular formula is C26H27ClFN3O4S. The highest BCUT2D eigenvalue weighted by Gasteiger charge is 2.33. The van der Waals surface area contributed by atoms with Gasteiger partial charge in [-0.1, -0.05) is 48.9 Å². The van der Waals surface area contributed by atoms with E-state index in [2.05, 4.69) is 5.32 Å². The van der Waals surface area contributed by atoms with Crippen molar-refractivity contribution < 1.29 is 22.4 Å². The monoisotopic (exact) mass is 531 g/mol. The second-order valence-electron chi connectivity index (χ2n) is 7.99. The molecule has 10 heteroatoms. The van der Waals surface area contributed by atoms with Gasteiger partial charge in [-0.2, -0.15) is 0 Å². The Morgan fingerprint density at radius 2 is 1.58 bits per heavy atom. The molecule has 7 nitrogen and oxygen atoms in total. The summed E-state index contributed by atoms with van der Waals surface area (Å²) in [7, 11) is -2.76. The highest BCUT2D eigenvalue weighted by Crippen LogP contribution is 2.25. The van der Waals surface area contributed by atoms with E-state index < -0.39 is 34.3 Å². The van der Waals surface area contributed by atoms with Gasteiger partial charge >= 0.3 is 0 Å². The van der Waals surface area contributed by atoms with Gasteiger partial charge in [-0.3, -0.25) is 13.9 Å². The van der Waals surface area contributed by atoms with Crippen LogP contribution < -0.4 is 9.62 Å². The maximum atomic E-state index is 13.7. The van der Waals surface area contributed by atoms with Crippen LogP contribution >= 0.6 is 11.6 Å². The molecule has 0 aliphatic carbocycles. The van der Waals surface area contributed by atoms with Crippen molar-refractivity contribution in [3.63, 3.8) is 0 Å². The Balaban J connectivity index is 2.02. The van der Waals surface area contributed by atoms with E-state index in [9.17, 15) is 22.4 Å². The quantitative estimate of drug-likeness (QED) is 0.424. The zero-order chi connectivity index (χ0) is 26.3. The number of sulfonamides is 1. The largest absolute Gasteiger partial charge is 0.357 e. The third-order valence-corrected chi connectivity index (χ3v) is 7.66. The van der Waals surface area contributed by atoms with Gasteiger partial charge in [-0.25, -0.2) is 12.8 Å². The number of hydrogen-bond acceptors (Lipinski definition) is 4. The molecule has 0 aliphatic rings. The highest BCUT2D eigenvalue weighted by atomic mass is 35.5. The number of nitrogens with one attached hydrogen (secondary N) is 1. The van der Waals surface area contributed by atoms with Gasteiger partial charge in [0.2, 0.25) is 11.8 Å². The van der Waals surface area contributed by atoms with Crippen molar-refractivity contribution in [3.05, 3.63) is 95.3 Å². The minimum Gasteiger partial charge on any atom is -0.357 e. The van der Waals surface area contributed by atoms with Gasteiger partial charge in [0.1, 0.15) is 18.4 Å². The predicted octanol–water partition coefficient (Wildman–Crippen LogP) is 4.23. The fourth-order valence-electron chi connectivity index (χ4n) is 3.73. The number of anilines is 1. The lowest BCUT2D eigenvalue weighted by molar-refractivity contribution is -0.140. The zero-order valence-corrected chi connectivity index (χ0v) is 21.5. The maximum absolute atomic E-state index is 13.7. The SMILES string of the molecule is CC[C@@H](C(=O)NC)N(Cc1ccc(Cl)cc1)C(=O)CN(c1ccccc1)S(=O)(=O)c1ccc(F)cc1. The summed E-state index contributed by atoms with van der Waals surface area (Å²) >= 11 is 5.99. The van der Waals surface area contributed by atoms with E-state index in [0.29, 0.717) is 11.4 Å². The molecule has 0 aromatic heterocycles. The van der Waals surface area contributed by atoms with Crippen molar-refractivity contribution >= 4 is 39.1 Å². The van der Waals surface area contributed by atoms with Crippen LogP contribution in [-0.2, 0) is 26.2 Å². The molecule has 1 N–H and O–H groups in total. The lowest BCUT2D eigenvalue weighted by Crippen LogP contribution is -2.51. The van der Waals surface area contributed by atoms with Gasteiger partial charge in [-0.05, 0) is 60.5 Å². The van der Waals surface area contributed by atoms with Crippen LogP contribution in [0.5, 0.6) is 0 Å². The molecule has 0 bridgehead atoms. The standard InChI is InChI=1S/C26H27ClFN3O4S/c1-3-24(26(33)29-2)30(17-19-9-11-20(27)12-10-19)25(32)18-31(22-7-5-4-6-8-22)36(34,35)23-15-13-21(28)14-16-23/h4-16,24H,3,17-18H2,1-2H3,(H,29,33)/t24-/m0/s1. The first-order valence-corrected chi connectivity index (χ1v) is 13.1. The Hall–Kier alpha value is -3.43. The molecule has 2 amide bonds. The fraction of sp³-hybridized carbons (Fsp3) is 0.231. The minimum atomic E-state index is -4.24. The molecule has 190 valence electrons. The van der Waals surface area contributed by atoms with Crippen LogP contribution in [0.4, 0.5) is 10.1 Å². The molecule has 0 radical (unpaired) electrons. The Bertz CT molecular complexity index is 1290. The van der Waals surface area contributed by atoms with Gasteiger partial charge in [-0.15, -0.1) is 0 Å². The van der Waals surface area contributed by atoms with Crippen LogP contribution in [0.3, 0.4) is 0 Å². The first-order chi connectivity index (χ1) is 17.2. The van der Waals surface area contributed by atoms with E-state index in [4.69, 9.17) is 11.6 Å². The highest BCUT2D eigenvalue weighted by molar-refractivity contribution is 7.92. The Morgan fingerprint density at radius 3 is 2.14 bits per heavy atom. The first kappa shape index (κ1) is 27.2. The molecule has 0 spiro atoms. The van der Waals surface area contributed by atoms with Crippen LogP contribution in [0.1, 0.15) is 18.9 Å². The van der Waals surface area contributed by atoms with E-state index in [1.165, 1.54) is 11.9 Å². The van der Waals surface area contributed by atoms with Gasteiger partial charge in [0.25, 0.3) is 10.0 Å². The van der Waals surface area contributed by atoms with Crippen molar-refractivity contribution in [1.82, 2.24) is 10.2 Å². The number of para-hydroxylation sites is 1. The van der Waals surface area contributed by atoms with Crippen LogP contribution in [0.25, 0.3) is 0 Å². The maximum Gasteiger partial charge on any atom is 0.264 e. The van der Waals surface area contributed by atoms with E-state index in [1.54, 1.807) is 61.5 Å². The number of carbonyl (C=O) groups is 2. The van der Waals surface area contributed by atoms with Crippen molar-refractivity contribution in [2.45, 2.75) is 30.8 Å². The number of rotatable bonds is 10. The number of hydrogen-bond donors (Lipinski definition) is 1. The molecule has 0 saturated heterocycles. The summed E-state index contributed by atoms with van der Waals surface area (Å²) in [6.45, 7) is 1.28. The lowest BCUT2D eigenvalue weighted by atomic mass is 10.1. The number of halogens is 2. The third-order valence-electron chi connectivity index (χ3n) is 5.62. The third kappa shape index (κ3) is 6.41. The summed E-state index contributed by atoms with van der Waals surface area (Å²) in [4.78, 5) is 27.5. The first-order valence-electron chi connectivity index (χ1n) is 11.3. The van der Waals surface area contributed by atoms with Crippen LogP contribution in [0.2, 0.25) is 5.02 Å². The van der Waals surface area contributed by atoms with Gasteiger partial charge in [0.05, 0.1) is 10.6 Å². The van der Waals surface area contributed by atoms with E-state index in [-0.39, 0.29) is 23.0 Å². The van der Waals surface area contributed by atoms with E-state index in [1.807, 2.05) is 0 Å². The fourth-order valence-corrected chi connectivity index (χ4v) is 5.27.